The summed E-state index contributed by atoms with van der Waals surface area (Å²) in [7, 11) is -3.67. The molecule has 5 aromatic rings. The number of carbonyl (C=O) groups is 1. The Morgan fingerprint density at radius 3 is 2.37 bits per heavy atom. The van der Waals surface area contributed by atoms with Gasteiger partial charge in [0, 0.05) is 24.5 Å². The van der Waals surface area contributed by atoms with Crippen LogP contribution in [0.4, 0.5) is 5.82 Å². The van der Waals surface area contributed by atoms with Gasteiger partial charge in [0.15, 0.2) is 11.2 Å². The lowest BCUT2D eigenvalue weighted by atomic mass is 9.97. The number of hydrogen-bond acceptors (Lipinski definition) is 7. The number of aryl methyl sites for hydroxylation is 1. The first-order valence-corrected chi connectivity index (χ1v) is 15.0. The lowest BCUT2D eigenvalue weighted by Crippen LogP contribution is -2.37. The first-order chi connectivity index (χ1) is 19.7. The van der Waals surface area contributed by atoms with E-state index < -0.39 is 22.0 Å². The van der Waals surface area contributed by atoms with Crippen LogP contribution in [0.25, 0.3) is 21.7 Å². The van der Waals surface area contributed by atoms with Gasteiger partial charge in [-0.3, -0.25) is 14.5 Å². The van der Waals surface area contributed by atoms with Crippen LogP contribution in [0.2, 0.25) is 0 Å². The van der Waals surface area contributed by atoms with Crippen molar-refractivity contribution in [2.75, 3.05) is 18.0 Å². The monoisotopic (exact) mass is 569 g/mol. The maximum absolute atomic E-state index is 14.0. The number of piperidine rings is 1. The second-order valence-corrected chi connectivity index (χ2v) is 12.8. The van der Waals surface area contributed by atoms with Gasteiger partial charge in [0.2, 0.25) is 15.8 Å². The number of benzene rings is 3. The van der Waals surface area contributed by atoms with Crippen molar-refractivity contribution in [1.82, 2.24) is 9.46 Å². The van der Waals surface area contributed by atoms with Gasteiger partial charge in [-0.05, 0) is 54.8 Å². The van der Waals surface area contributed by atoms with Gasteiger partial charge in [-0.25, -0.2) is 8.42 Å². The average molecular weight is 570 g/mol. The summed E-state index contributed by atoms with van der Waals surface area (Å²) in [6.07, 6.45) is 1.65. The fraction of sp³-hybridized carbons (Fsp3) is 0.258. The standard InChI is InChI=1S/C31H27N3O6S/c1-18-13-15-33(16-14-18)41(37,38)22-10-7-21(8-11-22)27-26-28(35)24-12-9-20-5-3-4-6-23(20)29(24)39-30(26)31(36)34(27)25-17-19(2)40-32-25/h3-12,17-18,27H,13-16H2,1-2H3. The minimum Gasteiger partial charge on any atom is -0.450 e. The SMILES string of the molecule is Cc1cc(N2C(=O)c3oc4c(ccc5ccccc54)c(=O)c3C2c2ccc(S(=O)(=O)N3CCC(C)CC3)cc2)no1. The molecule has 1 amide bonds. The number of aromatic nitrogens is 1. The van der Waals surface area contributed by atoms with Crippen LogP contribution in [0, 0.1) is 12.8 Å². The second-order valence-electron chi connectivity index (χ2n) is 10.9. The molecule has 10 heteroatoms. The van der Waals surface area contributed by atoms with Gasteiger partial charge < -0.3 is 8.94 Å². The molecular formula is C31H27N3O6S. The summed E-state index contributed by atoms with van der Waals surface area (Å²) in [5, 5.41) is 6.03. The third-order valence-corrected chi connectivity index (χ3v) is 10.1. The van der Waals surface area contributed by atoms with Crippen molar-refractivity contribution in [3.63, 3.8) is 0 Å². The summed E-state index contributed by atoms with van der Waals surface area (Å²) < 4.78 is 39.7. The third kappa shape index (κ3) is 4.00. The van der Waals surface area contributed by atoms with Crippen LogP contribution in [-0.2, 0) is 10.0 Å². The summed E-state index contributed by atoms with van der Waals surface area (Å²) in [6, 6.07) is 18.2. The lowest BCUT2D eigenvalue weighted by Gasteiger charge is -2.29. The molecule has 2 aromatic heterocycles. The molecule has 0 spiro atoms. The van der Waals surface area contributed by atoms with Gasteiger partial charge >= 0.3 is 0 Å². The van der Waals surface area contributed by atoms with E-state index >= 15 is 0 Å². The summed E-state index contributed by atoms with van der Waals surface area (Å²) in [6.45, 7) is 4.81. The van der Waals surface area contributed by atoms with E-state index in [9.17, 15) is 18.0 Å². The quantitative estimate of drug-likeness (QED) is 0.266. The highest BCUT2D eigenvalue weighted by Gasteiger charge is 2.45. The maximum Gasteiger partial charge on any atom is 0.296 e. The number of anilines is 1. The van der Waals surface area contributed by atoms with E-state index in [-0.39, 0.29) is 27.5 Å². The predicted octanol–water partition coefficient (Wildman–Crippen LogP) is 5.41. The molecule has 0 N–H and O–H groups in total. The largest absolute Gasteiger partial charge is 0.450 e. The van der Waals surface area contributed by atoms with Crippen LogP contribution in [0.3, 0.4) is 0 Å². The summed E-state index contributed by atoms with van der Waals surface area (Å²) in [5.74, 6) is 0.635. The van der Waals surface area contributed by atoms with Crippen molar-refractivity contribution in [1.29, 1.82) is 0 Å². The molecule has 0 radical (unpaired) electrons. The molecule has 41 heavy (non-hydrogen) atoms. The Morgan fingerprint density at radius 2 is 1.66 bits per heavy atom. The Labute approximate surface area is 236 Å². The molecule has 1 fully saturated rings. The van der Waals surface area contributed by atoms with Crippen molar-refractivity contribution < 1.29 is 22.2 Å². The van der Waals surface area contributed by atoms with Crippen molar-refractivity contribution >= 4 is 43.5 Å². The van der Waals surface area contributed by atoms with E-state index in [4.69, 9.17) is 8.94 Å². The molecule has 1 unspecified atom stereocenters. The number of hydrogen-bond donors (Lipinski definition) is 0. The highest BCUT2D eigenvalue weighted by molar-refractivity contribution is 7.89. The molecule has 3 aromatic carbocycles. The Morgan fingerprint density at radius 1 is 0.927 bits per heavy atom. The van der Waals surface area contributed by atoms with Crippen molar-refractivity contribution in [3.05, 3.63) is 99.6 Å². The van der Waals surface area contributed by atoms with E-state index in [2.05, 4.69) is 12.1 Å². The molecule has 2 aliphatic heterocycles. The lowest BCUT2D eigenvalue weighted by molar-refractivity contribution is 0.0969. The molecule has 7 rings (SSSR count). The molecule has 2 aliphatic rings. The van der Waals surface area contributed by atoms with Crippen LogP contribution >= 0.6 is 0 Å². The fourth-order valence-corrected chi connectivity index (χ4v) is 7.38. The third-order valence-electron chi connectivity index (χ3n) is 8.20. The number of amides is 1. The maximum atomic E-state index is 14.0. The summed E-state index contributed by atoms with van der Waals surface area (Å²) in [5.41, 5.74) is 0.747. The van der Waals surface area contributed by atoms with Gasteiger partial charge in [-0.15, -0.1) is 0 Å². The normalized spacial score (nSPS) is 18.4. The van der Waals surface area contributed by atoms with Gasteiger partial charge in [0.25, 0.3) is 5.91 Å². The minimum absolute atomic E-state index is 0.0661. The van der Waals surface area contributed by atoms with Crippen molar-refractivity contribution in [2.24, 2.45) is 5.92 Å². The molecular weight excluding hydrogens is 542 g/mol. The Kier molecular flexibility index (Phi) is 5.88. The highest BCUT2D eigenvalue weighted by atomic mass is 32.2. The number of sulfonamides is 1. The van der Waals surface area contributed by atoms with E-state index in [0.717, 1.165) is 23.6 Å². The van der Waals surface area contributed by atoms with Crippen molar-refractivity contribution in [3.8, 4) is 0 Å². The molecule has 1 saturated heterocycles. The second kappa shape index (κ2) is 9.39. The highest BCUT2D eigenvalue weighted by Crippen LogP contribution is 2.42. The molecule has 9 nitrogen and oxygen atoms in total. The number of fused-ring (bicyclic) bond motifs is 4. The first-order valence-electron chi connectivity index (χ1n) is 13.6. The van der Waals surface area contributed by atoms with Crippen LogP contribution in [0.15, 0.2) is 85.4 Å². The summed E-state index contributed by atoms with van der Waals surface area (Å²) in [4.78, 5) is 29.5. The molecule has 4 heterocycles. The Bertz CT molecular complexity index is 2000. The van der Waals surface area contributed by atoms with Gasteiger partial charge in [0.05, 0.1) is 21.9 Å². The number of rotatable bonds is 4. The van der Waals surface area contributed by atoms with Gasteiger partial charge in [-0.2, -0.15) is 4.31 Å². The van der Waals surface area contributed by atoms with Crippen LogP contribution < -0.4 is 10.3 Å². The van der Waals surface area contributed by atoms with Crippen LogP contribution in [-0.4, -0.2) is 36.9 Å². The average Bonchev–Trinajstić information content (AvgIpc) is 3.53. The van der Waals surface area contributed by atoms with Gasteiger partial charge in [-0.1, -0.05) is 54.5 Å². The summed E-state index contributed by atoms with van der Waals surface area (Å²) >= 11 is 0. The predicted molar refractivity (Wildman–Crippen MR) is 153 cm³/mol. The topological polar surface area (TPSA) is 114 Å². The Balaban J connectivity index is 1.38. The zero-order valence-corrected chi connectivity index (χ0v) is 23.3. The Hall–Kier alpha value is -4.28. The molecule has 0 saturated carbocycles. The molecule has 208 valence electrons. The molecule has 0 bridgehead atoms. The van der Waals surface area contributed by atoms with Crippen LogP contribution in [0.1, 0.15) is 53.2 Å². The van der Waals surface area contributed by atoms with Crippen molar-refractivity contribution in [2.45, 2.75) is 37.6 Å². The van der Waals surface area contributed by atoms with Crippen LogP contribution in [0.5, 0.6) is 0 Å². The van der Waals surface area contributed by atoms with E-state index in [0.29, 0.717) is 41.3 Å². The molecule has 0 aliphatic carbocycles. The number of carbonyl (C=O) groups excluding carboxylic acids is 1. The number of nitrogens with zero attached hydrogens (tertiary/aromatic N) is 3. The zero-order valence-electron chi connectivity index (χ0n) is 22.5. The molecule has 1 atom stereocenters. The zero-order chi connectivity index (χ0) is 28.5. The van der Waals surface area contributed by atoms with Gasteiger partial charge in [0.1, 0.15) is 11.3 Å². The smallest absolute Gasteiger partial charge is 0.296 e. The fourth-order valence-electron chi connectivity index (χ4n) is 5.92. The minimum atomic E-state index is -3.67. The first kappa shape index (κ1) is 25.7. The van der Waals surface area contributed by atoms with E-state index in [1.165, 1.54) is 21.3 Å². The van der Waals surface area contributed by atoms with E-state index in [1.54, 1.807) is 31.2 Å². The van der Waals surface area contributed by atoms with E-state index in [1.807, 2.05) is 30.3 Å².